The lowest BCUT2D eigenvalue weighted by Gasteiger charge is -2.14. The Morgan fingerprint density at radius 3 is 2.69 bits per heavy atom. The summed E-state index contributed by atoms with van der Waals surface area (Å²) in [5.41, 5.74) is 1.96. The number of likely N-dealkylation sites (N-methyl/N-ethyl adjacent to an activating group) is 1. The SMILES string of the molecule is CCN1C(=O)N/C(=C/c2cc(Cl)c(OCc3ccccc3C#N)c(OC)c2)C1=O. The Balaban J connectivity index is 1.87. The highest BCUT2D eigenvalue weighted by Gasteiger charge is 2.32. The molecule has 29 heavy (non-hydrogen) atoms. The molecule has 0 aromatic heterocycles. The summed E-state index contributed by atoms with van der Waals surface area (Å²) >= 11 is 6.38. The van der Waals surface area contributed by atoms with Crippen LogP contribution in [-0.2, 0) is 11.4 Å². The van der Waals surface area contributed by atoms with Gasteiger partial charge in [-0.05, 0) is 36.8 Å². The number of carbonyl (C=O) groups excluding carboxylic acids is 2. The fourth-order valence-electron chi connectivity index (χ4n) is 2.89. The summed E-state index contributed by atoms with van der Waals surface area (Å²) < 4.78 is 11.2. The van der Waals surface area contributed by atoms with Crippen LogP contribution in [-0.4, -0.2) is 30.5 Å². The third-order valence-electron chi connectivity index (χ3n) is 4.35. The van der Waals surface area contributed by atoms with E-state index in [9.17, 15) is 14.9 Å². The third-order valence-corrected chi connectivity index (χ3v) is 4.63. The minimum atomic E-state index is -0.460. The van der Waals surface area contributed by atoms with Crippen LogP contribution in [0.2, 0.25) is 5.02 Å². The van der Waals surface area contributed by atoms with Gasteiger partial charge in [-0.2, -0.15) is 5.26 Å². The number of halogens is 1. The van der Waals surface area contributed by atoms with Crippen molar-refractivity contribution < 1.29 is 19.1 Å². The third kappa shape index (κ3) is 4.18. The summed E-state index contributed by atoms with van der Waals surface area (Å²) in [6.45, 7) is 2.14. The molecule has 0 unspecified atom stereocenters. The Morgan fingerprint density at radius 1 is 1.28 bits per heavy atom. The second-order valence-electron chi connectivity index (χ2n) is 6.13. The first-order chi connectivity index (χ1) is 14.0. The first-order valence-corrected chi connectivity index (χ1v) is 9.19. The lowest BCUT2D eigenvalue weighted by Crippen LogP contribution is -2.30. The van der Waals surface area contributed by atoms with Crippen molar-refractivity contribution in [3.05, 3.63) is 63.8 Å². The van der Waals surface area contributed by atoms with E-state index >= 15 is 0 Å². The normalized spacial score (nSPS) is 14.7. The van der Waals surface area contributed by atoms with Crippen LogP contribution >= 0.6 is 11.6 Å². The molecule has 8 heteroatoms. The topological polar surface area (TPSA) is 91.7 Å². The number of hydrogen-bond acceptors (Lipinski definition) is 5. The predicted octanol–water partition coefficient (Wildman–Crippen LogP) is 3.71. The van der Waals surface area contributed by atoms with Gasteiger partial charge >= 0.3 is 6.03 Å². The van der Waals surface area contributed by atoms with E-state index in [1.807, 2.05) is 6.07 Å². The summed E-state index contributed by atoms with van der Waals surface area (Å²) in [5, 5.41) is 12.0. The molecule has 1 N–H and O–H groups in total. The fourth-order valence-corrected chi connectivity index (χ4v) is 3.17. The van der Waals surface area contributed by atoms with Gasteiger partial charge in [0.15, 0.2) is 11.5 Å². The molecule has 3 rings (SSSR count). The van der Waals surface area contributed by atoms with E-state index in [1.165, 1.54) is 13.2 Å². The number of nitriles is 1. The van der Waals surface area contributed by atoms with Crippen LogP contribution < -0.4 is 14.8 Å². The summed E-state index contributed by atoms with van der Waals surface area (Å²) in [6, 6.07) is 12.0. The number of nitrogens with zero attached hydrogens (tertiary/aromatic N) is 2. The molecule has 7 nitrogen and oxygen atoms in total. The molecule has 1 fully saturated rings. The fraction of sp³-hybridized carbons (Fsp3) is 0.190. The molecule has 1 heterocycles. The zero-order valence-electron chi connectivity index (χ0n) is 15.9. The van der Waals surface area contributed by atoms with E-state index in [0.717, 1.165) is 10.5 Å². The maximum absolute atomic E-state index is 12.2. The Kier molecular flexibility index (Phi) is 6.05. The number of benzene rings is 2. The van der Waals surface area contributed by atoms with Gasteiger partial charge in [0.2, 0.25) is 0 Å². The largest absolute Gasteiger partial charge is 0.493 e. The van der Waals surface area contributed by atoms with Crippen molar-refractivity contribution in [3.63, 3.8) is 0 Å². The second-order valence-corrected chi connectivity index (χ2v) is 6.54. The summed E-state index contributed by atoms with van der Waals surface area (Å²) in [7, 11) is 1.47. The minimum absolute atomic E-state index is 0.139. The molecule has 2 aromatic rings. The van der Waals surface area contributed by atoms with Crippen LogP contribution in [0.5, 0.6) is 11.5 Å². The number of imide groups is 1. The number of rotatable bonds is 6. The van der Waals surface area contributed by atoms with E-state index in [2.05, 4.69) is 11.4 Å². The standard InChI is InChI=1S/C21H18ClN3O4/c1-3-25-20(26)17(24-21(25)27)9-13-8-16(22)19(18(10-13)28-2)29-12-15-7-5-4-6-14(15)11-23/h4-10H,3,12H2,1-2H3,(H,24,27)/b17-9+. The number of urea groups is 1. The van der Waals surface area contributed by atoms with Crippen LogP contribution in [0.15, 0.2) is 42.1 Å². The molecule has 1 aliphatic heterocycles. The van der Waals surface area contributed by atoms with E-state index in [4.69, 9.17) is 21.1 Å². The highest BCUT2D eigenvalue weighted by atomic mass is 35.5. The average Bonchev–Trinajstić information content (AvgIpc) is 2.99. The van der Waals surface area contributed by atoms with Crippen LogP contribution in [0.4, 0.5) is 4.79 Å². The highest BCUT2D eigenvalue weighted by Crippen LogP contribution is 2.37. The molecule has 0 spiro atoms. The molecule has 3 amide bonds. The number of nitrogens with one attached hydrogen (secondary N) is 1. The van der Waals surface area contributed by atoms with Gasteiger partial charge in [-0.25, -0.2) is 4.79 Å². The molecule has 1 aliphatic rings. The van der Waals surface area contributed by atoms with E-state index in [1.54, 1.807) is 37.3 Å². The molecular formula is C21H18ClN3O4. The number of hydrogen-bond donors (Lipinski definition) is 1. The minimum Gasteiger partial charge on any atom is -0.493 e. The van der Waals surface area contributed by atoms with Crippen molar-refractivity contribution >= 4 is 29.6 Å². The van der Waals surface area contributed by atoms with Crippen molar-refractivity contribution in [1.29, 1.82) is 5.26 Å². The monoisotopic (exact) mass is 411 g/mol. The van der Waals surface area contributed by atoms with E-state index in [0.29, 0.717) is 22.6 Å². The van der Waals surface area contributed by atoms with Gasteiger partial charge in [-0.3, -0.25) is 9.69 Å². The Hall–Kier alpha value is -3.50. The van der Waals surface area contributed by atoms with Crippen LogP contribution in [0.3, 0.4) is 0 Å². The molecule has 0 saturated carbocycles. The summed E-state index contributed by atoms with van der Waals surface area (Å²) in [5.74, 6) is 0.282. The quantitative estimate of drug-likeness (QED) is 0.577. The first kappa shape index (κ1) is 20.2. The lowest BCUT2D eigenvalue weighted by atomic mass is 10.1. The van der Waals surface area contributed by atoms with Crippen LogP contribution in [0.1, 0.15) is 23.6 Å². The van der Waals surface area contributed by atoms with E-state index in [-0.39, 0.29) is 23.9 Å². The van der Waals surface area contributed by atoms with Gasteiger partial charge in [-0.15, -0.1) is 0 Å². The summed E-state index contributed by atoms with van der Waals surface area (Å²) in [4.78, 5) is 25.1. The lowest BCUT2D eigenvalue weighted by molar-refractivity contribution is -0.122. The zero-order valence-corrected chi connectivity index (χ0v) is 16.6. The van der Waals surface area contributed by atoms with Gasteiger partial charge in [0.05, 0.1) is 23.8 Å². The van der Waals surface area contributed by atoms with Crippen molar-refractivity contribution in [1.82, 2.24) is 10.2 Å². The molecule has 2 aromatic carbocycles. The van der Waals surface area contributed by atoms with Gasteiger partial charge in [0.25, 0.3) is 5.91 Å². The van der Waals surface area contributed by atoms with Crippen LogP contribution in [0.25, 0.3) is 6.08 Å². The maximum Gasteiger partial charge on any atom is 0.328 e. The molecule has 0 atom stereocenters. The number of methoxy groups -OCH3 is 1. The Labute approximate surface area is 173 Å². The van der Waals surface area contributed by atoms with Crippen molar-refractivity contribution in [3.8, 4) is 17.6 Å². The first-order valence-electron chi connectivity index (χ1n) is 8.81. The van der Waals surface area contributed by atoms with Gasteiger partial charge in [0.1, 0.15) is 12.3 Å². The zero-order chi connectivity index (χ0) is 21.0. The average molecular weight is 412 g/mol. The second kappa shape index (κ2) is 8.67. The Morgan fingerprint density at radius 2 is 2.03 bits per heavy atom. The molecule has 1 saturated heterocycles. The number of carbonyl (C=O) groups is 2. The van der Waals surface area contributed by atoms with E-state index < -0.39 is 11.9 Å². The highest BCUT2D eigenvalue weighted by molar-refractivity contribution is 6.32. The van der Waals surface area contributed by atoms with Crippen molar-refractivity contribution in [2.75, 3.05) is 13.7 Å². The molecule has 0 bridgehead atoms. The van der Waals surface area contributed by atoms with Gasteiger partial charge in [0, 0.05) is 12.1 Å². The molecule has 148 valence electrons. The molecule has 0 radical (unpaired) electrons. The number of ether oxygens (including phenoxy) is 2. The summed E-state index contributed by atoms with van der Waals surface area (Å²) in [6.07, 6.45) is 1.53. The molecular weight excluding hydrogens is 394 g/mol. The number of amides is 3. The smallest absolute Gasteiger partial charge is 0.328 e. The van der Waals surface area contributed by atoms with Crippen molar-refractivity contribution in [2.45, 2.75) is 13.5 Å². The maximum atomic E-state index is 12.2. The van der Waals surface area contributed by atoms with Gasteiger partial charge in [-0.1, -0.05) is 29.8 Å². The van der Waals surface area contributed by atoms with Gasteiger partial charge < -0.3 is 14.8 Å². The Bertz CT molecular complexity index is 1040. The van der Waals surface area contributed by atoms with Crippen molar-refractivity contribution in [2.24, 2.45) is 0 Å². The van der Waals surface area contributed by atoms with Crippen LogP contribution in [0, 0.1) is 11.3 Å². The predicted molar refractivity (Wildman–Crippen MR) is 107 cm³/mol. The molecule has 0 aliphatic carbocycles.